The second-order valence-corrected chi connectivity index (χ2v) is 12.1. The number of thiazole rings is 1. The van der Waals surface area contributed by atoms with Gasteiger partial charge in [-0.2, -0.15) is 5.10 Å². The summed E-state index contributed by atoms with van der Waals surface area (Å²) >= 11 is 1.37. The SMILES string of the molecule is COC(=O)Nc1nc2c(s1)-c1c(c(-c3cccnc3)nn1-c1ccc(C(=O)N3CCN(Cc4cccnc4)CC3)cc1OC)CC2. The minimum Gasteiger partial charge on any atom is -0.494 e. The van der Waals surface area contributed by atoms with Crippen LogP contribution >= 0.6 is 11.3 Å². The van der Waals surface area contributed by atoms with Gasteiger partial charge < -0.3 is 14.4 Å². The van der Waals surface area contributed by atoms with Gasteiger partial charge in [-0.15, -0.1) is 0 Å². The van der Waals surface area contributed by atoms with Gasteiger partial charge in [0.2, 0.25) is 0 Å². The lowest BCUT2D eigenvalue weighted by Gasteiger charge is -2.34. The summed E-state index contributed by atoms with van der Waals surface area (Å²) in [4.78, 5) is 43.9. The van der Waals surface area contributed by atoms with Gasteiger partial charge in [0.15, 0.2) is 5.13 Å². The van der Waals surface area contributed by atoms with Crippen molar-refractivity contribution >= 4 is 28.5 Å². The smallest absolute Gasteiger partial charge is 0.413 e. The molecule has 13 heteroatoms. The van der Waals surface area contributed by atoms with E-state index in [1.165, 1.54) is 18.4 Å². The van der Waals surface area contributed by atoms with Crippen LogP contribution in [0.2, 0.25) is 0 Å². The molecular weight excluding hydrogens is 604 g/mol. The summed E-state index contributed by atoms with van der Waals surface area (Å²) in [5.41, 5.74) is 6.92. The predicted molar refractivity (Wildman–Crippen MR) is 173 cm³/mol. The van der Waals surface area contributed by atoms with Gasteiger partial charge in [0, 0.05) is 74.2 Å². The standard InChI is InChI=1S/C33H32N8O4S/c1-44-27-17-22(31(42)40-15-13-39(14-16-40)20-21-5-3-11-34-18-21)7-10-26(27)41-29-24(28(38-41)23-6-4-12-35-19-23)8-9-25-30(29)46-32(36-25)37-33(43)45-2/h3-7,10-12,17-19H,8-9,13-16,20H2,1-2H3,(H,36,37,43). The number of anilines is 1. The molecule has 1 aliphatic heterocycles. The van der Waals surface area contributed by atoms with Crippen LogP contribution in [0.25, 0.3) is 27.5 Å². The number of pyridine rings is 2. The van der Waals surface area contributed by atoms with E-state index in [0.29, 0.717) is 48.1 Å². The Hall–Kier alpha value is -5.14. The molecule has 2 amide bonds. The number of hydrogen-bond donors (Lipinski definition) is 1. The molecule has 1 aliphatic carbocycles. The molecule has 5 aromatic rings. The van der Waals surface area contributed by atoms with Crippen LogP contribution in [-0.4, -0.2) is 86.9 Å². The number of nitrogens with one attached hydrogen (secondary N) is 1. The summed E-state index contributed by atoms with van der Waals surface area (Å²) in [5, 5.41) is 8.24. The van der Waals surface area contributed by atoms with Crippen molar-refractivity contribution in [3.63, 3.8) is 0 Å². The minimum absolute atomic E-state index is 0.0345. The van der Waals surface area contributed by atoms with E-state index in [4.69, 9.17) is 14.6 Å². The molecule has 1 aromatic carbocycles. The average molecular weight is 637 g/mol. The minimum atomic E-state index is -0.576. The van der Waals surface area contributed by atoms with E-state index in [9.17, 15) is 9.59 Å². The Labute approximate surface area is 269 Å². The fourth-order valence-electron chi connectivity index (χ4n) is 6.00. The van der Waals surface area contributed by atoms with Gasteiger partial charge >= 0.3 is 6.09 Å². The number of hydrogen-bond acceptors (Lipinski definition) is 10. The second-order valence-electron chi connectivity index (χ2n) is 11.1. The third-order valence-corrected chi connectivity index (χ3v) is 9.30. The Bertz CT molecular complexity index is 1880. The Kier molecular flexibility index (Phi) is 8.16. The van der Waals surface area contributed by atoms with Crippen LogP contribution in [0.4, 0.5) is 9.93 Å². The van der Waals surface area contributed by atoms with E-state index in [0.717, 1.165) is 58.3 Å². The highest BCUT2D eigenvalue weighted by Crippen LogP contribution is 2.45. The highest BCUT2D eigenvalue weighted by molar-refractivity contribution is 7.19. The van der Waals surface area contributed by atoms with Gasteiger partial charge in [0.05, 0.1) is 36.2 Å². The Morgan fingerprint density at radius 3 is 2.50 bits per heavy atom. The number of piperazine rings is 1. The molecule has 0 saturated carbocycles. The molecule has 12 nitrogen and oxygen atoms in total. The topological polar surface area (TPSA) is 128 Å². The second kappa shape index (κ2) is 12.7. The van der Waals surface area contributed by atoms with E-state index in [-0.39, 0.29) is 5.91 Å². The molecule has 0 bridgehead atoms. The molecule has 0 unspecified atom stereocenters. The molecule has 46 heavy (non-hydrogen) atoms. The highest BCUT2D eigenvalue weighted by atomic mass is 32.1. The molecule has 7 rings (SSSR count). The maximum atomic E-state index is 13.6. The third kappa shape index (κ3) is 5.70. The quantitative estimate of drug-likeness (QED) is 0.271. The van der Waals surface area contributed by atoms with Crippen LogP contribution in [-0.2, 0) is 24.1 Å². The zero-order valence-corrected chi connectivity index (χ0v) is 26.3. The van der Waals surface area contributed by atoms with E-state index in [1.54, 1.807) is 31.8 Å². The number of carbonyl (C=O) groups is 2. The van der Waals surface area contributed by atoms with Crippen molar-refractivity contribution in [1.82, 2.24) is 34.5 Å². The first-order chi connectivity index (χ1) is 22.5. The number of nitrogens with zero attached hydrogens (tertiary/aromatic N) is 7. The summed E-state index contributed by atoms with van der Waals surface area (Å²) in [6.07, 6.45) is 8.02. The van der Waals surface area contributed by atoms with E-state index in [2.05, 4.69) is 31.2 Å². The molecular formula is C33H32N8O4S. The number of amides is 2. The van der Waals surface area contributed by atoms with Gasteiger partial charge in [0.25, 0.3) is 5.91 Å². The van der Waals surface area contributed by atoms with E-state index < -0.39 is 6.09 Å². The highest BCUT2D eigenvalue weighted by Gasteiger charge is 2.31. The van der Waals surface area contributed by atoms with Crippen molar-refractivity contribution in [3.8, 4) is 33.3 Å². The number of ether oxygens (including phenoxy) is 2. The van der Waals surface area contributed by atoms with Crippen LogP contribution in [0.15, 0.2) is 67.3 Å². The first-order valence-electron chi connectivity index (χ1n) is 15.0. The van der Waals surface area contributed by atoms with Crippen molar-refractivity contribution in [3.05, 3.63) is 89.6 Å². The molecule has 0 radical (unpaired) electrons. The fourth-order valence-corrected chi connectivity index (χ4v) is 7.05. The normalized spacial score (nSPS) is 14.3. The van der Waals surface area contributed by atoms with Crippen LogP contribution in [0.5, 0.6) is 5.75 Å². The molecule has 1 N–H and O–H groups in total. The van der Waals surface area contributed by atoms with Gasteiger partial charge in [-0.25, -0.2) is 14.5 Å². The first-order valence-corrected chi connectivity index (χ1v) is 15.8. The van der Waals surface area contributed by atoms with Crippen molar-refractivity contribution in [2.45, 2.75) is 19.4 Å². The Balaban J connectivity index is 1.20. The fraction of sp³-hybridized carbons (Fsp3) is 0.273. The predicted octanol–water partition coefficient (Wildman–Crippen LogP) is 4.70. The molecule has 5 heterocycles. The molecule has 2 aliphatic rings. The molecule has 0 spiro atoms. The molecule has 4 aromatic heterocycles. The van der Waals surface area contributed by atoms with Gasteiger partial charge in [-0.05, 0) is 54.8 Å². The zero-order valence-electron chi connectivity index (χ0n) is 25.5. The lowest BCUT2D eigenvalue weighted by atomic mass is 9.95. The van der Waals surface area contributed by atoms with Crippen LogP contribution in [0.3, 0.4) is 0 Å². The third-order valence-electron chi connectivity index (χ3n) is 8.28. The van der Waals surface area contributed by atoms with Crippen molar-refractivity contribution in [2.24, 2.45) is 0 Å². The number of methoxy groups -OCH3 is 2. The summed E-state index contributed by atoms with van der Waals surface area (Å²) in [7, 11) is 2.92. The number of benzene rings is 1. The maximum absolute atomic E-state index is 13.6. The largest absolute Gasteiger partial charge is 0.494 e. The first kappa shape index (κ1) is 29.6. The molecule has 1 fully saturated rings. The molecule has 234 valence electrons. The Morgan fingerprint density at radius 1 is 0.978 bits per heavy atom. The van der Waals surface area contributed by atoms with Gasteiger partial charge in [0.1, 0.15) is 11.4 Å². The van der Waals surface area contributed by atoms with Gasteiger partial charge in [-0.3, -0.25) is 25.0 Å². The van der Waals surface area contributed by atoms with E-state index >= 15 is 0 Å². The average Bonchev–Trinajstić information content (AvgIpc) is 3.70. The number of rotatable bonds is 7. The molecule has 1 saturated heterocycles. The summed E-state index contributed by atoms with van der Waals surface area (Å²) in [5.74, 6) is 0.487. The monoisotopic (exact) mass is 636 g/mol. The van der Waals surface area contributed by atoms with Crippen LogP contribution in [0.1, 0.15) is 27.2 Å². The van der Waals surface area contributed by atoms with Crippen LogP contribution in [0, 0.1) is 0 Å². The van der Waals surface area contributed by atoms with E-state index in [1.807, 2.05) is 46.1 Å². The zero-order chi connectivity index (χ0) is 31.6. The molecule has 0 atom stereocenters. The Morgan fingerprint density at radius 2 is 1.78 bits per heavy atom. The lowest BCUT2D eigenvalue weighted by molar-refractivity contribution is 0.0628. The maximum Gasteiger partial charge on any atom is 0.413 e. The summed E-state index contributed by atoms with van der Waals surface area (Å²) in [6.45, 7) is 3.67. The number of fused-ring (bicyclic) bond motifs is 3. The van der Waals surface area contributed by atoms with Crippen LogP contribution < -0.4 is 10.1 Å². The van der Waals surface area contributed by atoms with Gasteiger partial charge in [-0.1, -0.05) is 17.4 Å². The number of carbonyl (C=O) groups excluding carboxylic acids is 2. The summed E-state index contributed by atoms with van der Waals surface area (Å²) in [6, 6.07) is 13.4. The van der Waals surface area contributed by atoms with Crippen molar-refractivity contribution < 1.29 is 19.1 Å². The summed E-state index contributed by atoms with van der Waals surface area (Å²) < 4.78 is 12.5. The van der Waals surface area contributed by atoms with Crippen molar-refractivity contribution in [2.75, 3.05) is 45.7 Å². The number of aromatic nitrogens is 5. The lowest BCUT2D eigenvalue weighted by Crippen LogP contribution is -2.48. The van der Waals surface area contributed by atoms with Crippen molar-refractivity contribution in [1.29, 1.82) is 0 Å². The number of aryl methyl sites for hydroxylation is 1.